The molecule has 2 aromatic rings. The molecule has 0 bridgehead atoms. The number of hydrogen-bond acceptors (Lipinski definition) is 1. The molecule has 1 aromatic carbocycles. The number of rotatable bonds is 2. The van der Waals surface area contributed by atoms with E-state index >= 15 is 0 Å². The fourth-order valence-electron chi connectivity index (χ4n) is 1.46. The zero-order valence-corrected chi connectivity index (χ0v) is 10.8. The van der Waals surface area contributed by atoms with E-state index < -0.39 is 0 Å². The van der Waals surface area contributed by atoms with Crippen LogP contribution in [0, 0.1) is 12.7 Å². The molecule has 1 aromatic heterocycles. The van der Waals surface area contributed by atoms with Crippen molar-refractivity contribution < 1.29 is 4.39 Å². The summed E-state index contributed by atoms with van der Waals surface area (Å²) in [5.41, 5.74) is 1.31. The Labute approximate surface area is 108 Å². The van der Waals surface area contributed by atoms with Crippen LogP contribution in [0.4, 0.5) is 4.39 Å². The number of halogens is 3. The van der Waals surface area contributed by atoms with Gasteiger partial charge in [-0.3, -0.25) is 0 Å². The number of aryl methyl sites for hydroxylation is 1. The monoisotopic (exact) mass is 274 g/mol. The van der Waals surface area contributed by atoms with Gasteiger partial charge < -0.3 is 0 Å². The summed E-state index contributed by atoms with van der Waals surface area (Å²) < 4.78 is 13.2. The lowest BCUT2D eigenvalue weighted by molar-refractivity contribution is 0.618. The van der Waals surface area contributed by atoms with E-state index in [9.17, 15) is 4.39 Å². The number of alkyl halides is 1. The summed E-state index contributed by atoms with van der Waals surface area (Å²) >= 11 is 13.9. The summed E-state index contributed by atoms with van der Waals surface area (Å²) in [5, 5.41) is 2.01. The molecule has 1 heterocycles. The van der Waals surface area contributed by atoms with Crippen molar-refractivity contribution in [1.82, 2.24) is 0 Å². The summed E-state index contributed by atoms with van der Waals surface area (Å²) in [6.07, 6.45) is 0. The minimum absolute atomic E-state index is 0.302. The van der Waals surface area contributed by atoms with Gasteiger partial charge in [-0.2, -0.15) is 0 Å². The largest absolute Gasteiger partial charge is 0.207 e. The van der Waals surface area contributed by atoms with Crippen LogP contribution in [0.25, 0.3) is 0 Å². The third-order valence-corrected chi connectivity index (χ3v) is 4.21. The molecule has 2 rings (SSSR count). The second-order valence-electron chi connectivity index (χ2n) is 3.50. The average Bonchev–Trinajstić information content (AvgIpc) is 2.75. The van der Waals surface area contributed by atoms with Crippen LogP contribution in [0.1, 0.15) is 21.4 Å². The Hall–Kier alpha value is -0.570. The van der Waals surface area contributed by atoms with E-state index in [0.29, 0.717) is 10.6 Å². The fourth-order valence-corrected chi connectivity index (χ4v) is 2.90. The average molecular weight is 275 g/mol. The van der Waals surface area contributed by atoms with Crippen LogP contribution in [-0.4, -0.2) is 0 Å². The summed E-state index contributed by atoms with van der Waals surface area (Å²) in [4.78, 5) is 1.01. The molecule has 0 saturated carbocycles. The molecule has 0 fully saturated rings. The molecule has 0 N–H and O–H groups in total. The van der Waals surface area contributed by atoms with Crippen molar-refractivity contribution in [1.29, 1.82) is 0 Å². The molecule has 0 spiro atoms. The van der Waals surface area contributed by atoms with Crippen LogP contribution in [0.2, 0.25) is 5.02 Å². The highest BCUT2D eigenvalue weighted by Gasteiger charge is 2.16. The molecule has 4 heteroatoms. The molecule has 1 unspecified atom stereocenters. The molecule has 84 valence electrons. The SMILES string of the molecule is Cc1cc(C(Cl)c2cccs2)c(Cl)cc1F. The quantitative estimate of drug-likeness (QED) is 0.663. The van der Waals surface area contributed by atoms with Gasteiger partial charge in [0.25, 0.3) is 0 Å². The van der Waals surface area contributed by atoms with E-state index in [1.807, 2.05) is 17.5 Å². The maximum Gasteiger partial charge on any atom is 0.127 e. The highest BCUT2D eigenvalue weighted by Crippen LogP contribution is 2.36. The van der Waals surface area contributed by atoms with Crippen molar-refractivity contribution >= 4 is 34.5 Å². The summed E-state index contributed by atoms with van der Waals surface area (Å²) in [5.74, 6) is -0.302. The summed E-state index contributed by atoms with van der Waals surface area (Å²) in [7, 11) is 0. The Morgan fingerprint density at radius 1 is 1.38 bits per heavy atom. The van der Waals surface area contributed by atoms with Gasteiger partial charge in [0.2, 0.25) is 0 Å². The number of thiophene rings is 1. The number of benzene rings is 1. The van der Waals surface area contributed by atoms with Crippen molar-refractivity contribution in [3.8, 4) is 0 Å². The van der Waals surface area contributed by atoms with Gasteiger partial charge in [0.1, 0.15) is 5.82 Å². The molecule has 0 aliphatic heterocycles. The highest BCUT2D eigenvalue weighted by atomic mass is 35.5. The zero-order chi connectivity index (χ0) is 11.7. The first-order valence-electron chi connectivity index (χ1n) is 4.72. The lowest BCUT2D eigenvalue weighted by Gasteiger charge is -2.11. The fraction of sp³-hybridized carbons (Fsp3) is 0.167. The van der Waals surface area contributed by atoms with E-state index in [4.69, 9.17) is 23.2 Å². The topological polar surface area (TPSA) is 0 Å². The maximum absolute atomic E-state index is 13.2. The smallest absolute Gasteiger partial charge is 0.127 e. The molecule has 0 aliphatic carbocycles. The molecule has 0 radical (unpaired) electrons. The van der Waals surface area contributed by atoms with Gasteiger partial charge in [-0.25, -0.2) is 4.39 Å². The maximum atomic E-state index is 13.2. The van der Waals surface area contributed by atoms with Crippen molar-refractivity contribution in [3.05, 3.63) is 56.5 Å². The van der Waals surface area contributed by atoms with Crippen LogP contribution in [-0.2, 0) is 0 Å². The summed E-state index contributed by atoms with van der Waals surface area (Å²) in [6.45, 7) is 1.70. The van der Waals surface area contributed by atoms with E-state index in [0.717, 1.165) is 10.4 Å². The van der Waals surface area contributed by atoms with Gasteiger partial charge in [-0.05, 0) is 41.6 Å². The second-order valence-corrected chi connectivity index (χ2v) is 5.32. The standard InChI is InChI=1S/C12H9Cl2FS/c1-7-5-8(9(13)6-10(7)15)12(14)11-3-2-4-16-11/h2-6,12H,1H3. The first kappa shape index (κ1) is 11.9. The second kappa shape index (κ2) is 4.74. The van der Waals surface area contributed by atoms with Crippen LogP contribution in [0.3, 0.4) is 0 Å². The van der Waals surface area contributed by atoms with Crippen molar-refractivity contribution in [3.63, 3.8) is 0 Å². The Balaban J connectivity index is 2.44. The van der Waals surface area contributed by atoms with Crippen LogP contribution in [0.5, 0.6) is 0 Å². The lowest BCUT2D eigenvalue weighted by atomic mass is 10.1. The third kappa shape index (κ3) is 2.24. The van der Waals surface area contributed by atoms with Crippen LogP contribution in [0.15, 0.2) is 29.6 Å². The van der Waals surface area contributed by atoms with Crippen LogP contribution < -0.4 is 0 Å². The lowest BCUT2D eigenvalue weighted by Crippen LogP contribution is -1.94. The van der Waals surface area contributed by atoms with Crippen molar-refractivity contribution in [2.45, 2.75) is 12.3 Å². The Morgan fingerprint density at radius 3 is 2.75 bits per heavy atom. The minimum atomic E-state index is -0.313. The van der Waals surface area contributed by atoms with Gasteiger partial charge in [-0.15, -0.1) is 22.9 Å². The van der Waals surface area contributed by atoms with E-state index in [-0.39, 0.29) is 11.2 Å². The molecule has 0 aliphatic rings. The molecular formula is C12H9Cl2FS. The van der Waals surface area contributed by atoms with E-state index in [2.05, 4.69) is 0 Å². The van der Waals surface area contributed by atoms with Gasteiger partial charge >= 0.3 is 0 Å². The van der Waals surface area contributed by atoms with Crippen molar-refractivity contribution in [2.24, 2.45) is 0 Å². The zero-order valence-electron chi connectivity index (χ0n) is 8.51. The predicted molar refractivity (Wildman–Crippen MR) is 68.2 cm³/mol. The molecule has 16 heavy (non-hydrogen) atoms. The van der Waals surface area contributed by atoms with E-state index in [1.165, 1.54) is 6.07 Å². The predicted octanol–water partition coefficient (Wildman–Crippen LogP) is 5.18. The number of hydrogen-bond donors (Lipinski definition) is 0. The third-order valence-electron chi connectivity index (χ3n) is 2.34. The molecule has 0 saturated heterocycles. The molecule has 0 nitrogen and oxygen atoms in total. The Kier molecular flexibility index (Phi) is 3.53. The minimum Gasteiger partial charge on any atom is -0.207 e. The highest BCUT2D eigenvalue weighted by molar-refractivity contribution is 7.10. The summed E-state index contributed by atoms with van der Waals surface area (Å²) in [6, 6.07) is 6.89. The Morgan fingerprint density at radius 2 is 2.12 bits per heavy atom. The van der Waals surface area contributed by atoms with Gasteiger partial charge in [0.05, 0.1) is 5.38 Å². The molecule has 1 atom stereocenters. The molecule has 0 amide bonds. The normalized spacial score (nSPS) is 12.8. The van der Waals surface area contributed by atoms with Crippen LogP contribution >= 0.6 is 34.5 Å². The van der Waals surface area contributed by atoms with E-state index in [1.54, 1.807) is 24.3 Å². The Bertz CT molecular complexity index is 494. The van der Waals surface area contributed by atoms with Gasteiger partial charge in [-0.1, -0.05) is 17.7 Å². The first-order chi connectivity index (χ1) is 7.59. The first-order valence-corrected chi connectivity index (χ1v) is 6.42. The van der Waals surface area contributed by atoms with Crippen molar-refractivity contribution in [2.75, 3.05) is 0 Å². The van der Waals surface area contributed by atoms with Gasteiger partial charge in [0, 0.05) is 9.90 Å². The van der Waals surface area contributed by atoms with Gasteiger partial charge in [0.15, 0.2) is 0 Å². The molecular weight excluding hydrogens is 266 g/mol.